The van der Waals surface area contributed by atoms with Gasteiger partial charge in [-0.05, 0) is 76.4 Å². The maximum atomic E-state index is 14.2. The van der Waals surface area contributed by atoms with Crippen molar-refractivity contribution in [2.75, 3.05) is 24.7 Å². The van der Waals surface area contributed by atoms with Crippen LogP contribution in [0.15, 0.2) is 74.7 Å². The average Bonchev–Trinajstić information content (AvgIpc) is 3.38. The van der Waals surface area contributed by atoms with Gasteiger partial charge in [-0.3, -0.25) is 9.69 Å². The van der Waals surface area contributed by atoms with Crippen molar-refractivity contribution in [3.63, 3.8) is 0 Å². The molecule has 2 aromatic rings. The second-order valence-corrected chi connectivity index (χ2v) is 13.5. The summed E-state index contributed by atoms with van der Waals surface area (Å²) in [6.07, 6.45) is 1.88. The van der Waals surface area contributed by atoms with Crippen LogP contribution >= 0.6 is 35.3 Å². The number of anilines is 1. The van der Waals surface area contributed by atoms with Gasteiger partial charge in [0, 0.05) is 21.6 Å². The lowest BCUT2D eigenvalue weighted by atomic mass is 9.84. The van der Waals surface area contributed by atoms with E-state index in [1.54, 1.807) is 36.3 Å². The van der Waals surface area contributed by atoms with Gasteiger partial charge in [0.25, 0.3) is 5.91 Å². The quantitative estimate of drug-likeness (QED) is 0.308. The van der Waals surface area contributed by atoms with Crippen LogP contribution in [0.5, 0.6) is 5.75 Å². The summed E-state index contributed by atoms with van der Waals surface area (Å²) in [5.74, 6) is -0.351. The van der Waals surface area contributed by atoms with E-state index >= 15 is 0 Å². The Bertz CT molecular complexity index is 1500. The van der Waals surface area contributed by atoms with Crippen LogP contribution in [0.25, 0.3) is 5.57 Å². The minimum absolute atomic E-state index is 0.161. The molecular formula is C31H31NO6S3. The van der Waals surface area contributed by atoms with Gasteiger partial charge in [0.15, 0.2) is 0 Å². The molecule has 0 aliphatic carbocycles. The van der Waals surface area contributed by atoms with Crippen molar-refractivity contribution in [3.8, 4) is 5.75 Å². The Hall–Kier alpha value is -3.08. The number of hydrogen-bond acceptors (Lipinski definition) is 9. The summed E-state index contributed by atoms with van der Waals surface area (Å²) in [5, 5.41) is 1.79. The first-order valence-electron chi connectivity index (χ1n) is 13.4. The summed E-state index contributed by atoms with van der Waals surface area (Å²) >= 11 is 4.11. The van der Waals surface area contributed by atoms with Gasteiger partial charge < -0.3 is 14.2 Å². The van der Waals surface area contributed by atoms with Crippen LogP contribution in [0.4, 0.5) is 5.69 Å². The molecule has 3 aliphatic rings. The molecule has 0 N–H and O–H groups in total. The third kappa shape index (κ3) is 5.21. The lowest BCUT2D eigenvalue weighted by Crippen LogP contribution is -2.53. The van der Waals surface area contributed by atoms with E-state index in [0.717, 1.165) is 21.7 Å². The topological polar surface area (TPSA) is 82.1 Å². The molecule has 0 unspecified atom stereocenters. The first-order chi connectivity index (χ1) is 19.7. The number of hydrogen-bond donors (Lipinski definition) is 0. The Morgan fingerprint density at radius 3 is 2.22 bits per heavy atom. The SMILES string of the molecule is CCOC(=O)C1=C[C@]2(SC=C(C(=O)OCC)S2)C2=C(S1)C(C)(C)N(C(=O)c1ccccc1)c1ccc(OCC)cc12. The number of esters is 2. The number of thioether (sulfide) groups is 3. The van der Waals surface area contributed by atoms with Gasteiger partial charge in [0.2, 0.25) is 0 Å². The van der Waals surface area contributed by atoms with E-state index < -0.39 is 21.6 Å². The zero-order chi connectivity index (χ0) is 29.4. The van der Waals surface area contributed by atoms with Gasteiger partial charge in [-0.25, -0.2) is 9.59 Å². The van der Waals surface area contributed by atoms with Crippen molar-refractivity contribution in [3.05, 3.63) is 85.9 Å². The van der Waals surface area contributed by atoms with Crippen LogP contribution < -0.4 is 9.64 Å². The second kappa shape index (κ2) is 11.7. The molecule has 5 rings (SSSR count). The van der Waals surface area contributed by atoms with E-state index in [1.165, 1.54) is 35.3 Å². The fourth-order valence-electron chi connectivity index (χ4n) is 5.10. The van der Waals surface area contributed by atoms with Crippen LogP contribution in [0.3, 0.4) is 0 Å². The monoisotopic (exact) mass is 609 g/mol. The molecule has 10 heteroatoms. The fraction of sp³-hybridized carbons (Fsp3) is 0.323. The molecule has 0 fully saturated rings. The molecule has 0 radical (unpaired) electrons. The first-order valence-corrected chi connectivity index (χ1v) is 15.9. The zero-order valence-corrected chi connectivity index (χ0v) is 26.0. The summed E-state index contributed by atoms with van der Waals surface area (Å²) in [6.45, 7) is 10.4. The van der Waals surface area contributed by atoms with E-state index in [-0.39, 0.29) is 19.1 Å². The largest absolute Gasteiger partial charge is 0.494 e. The Kier molecular flexibility index (Phi) is 8.36. The van der Waals surface area contributed by atoms with Gasteiger partial charge in [0.05, 0.1) is 36.0 Å². The fourth-order valence-corrected chi connectivity index (χ4v) is 9.48. The summed E-state index contributed by atoms with van der Waals surface area (Å²) < 4.78 is 15.8. The summed E-state index contributed by atoms with van der Waals surface area (Å²) in [7, 11) is 0. The van der Waals surface area contributed by atoms with Crippen molar-refractivity contribution >= 4 is 64.4 Å². The molecule has 0 bridgehead atoms. The minimum Gasteiger partial charge on any atom is -0.494 e. The van der Waals surface area contributed by atoms with Gasteiger partial charge in [0.1, 0.15) is 14.7 Å². The smallest absolute Gasteiger partial charge is 0.345 e. The number of rotatable bonds is 7. The van der Waals surface area contributed by atoms with E-state index in [1.807, 2.05) is 63.2 Å². The molecule has 7 nitrogen and oxygen atoms in total. The second-order valence-electron chi connectivity index (χ2n) is 9.80. The van der Waals surface area contributed by atoms with Crippen molar-refractivity contribution in [2.45, 2.75) is 44.2 Å². The third-order valence-electron chi connectivity index (χ3n) is 6.79. The predicted octanol–water partition coefficient (Wildman–Crippen LogP) is 7.01. The van der Waals surface area contributed by atoms with Crippen molar-refractivity contribution in [1.82, 2.24) is 0 Å². The van der Waals surface area contributed by atoms with Crippen molar-refractivity contribution in [2.24, 2.45) is 0 Å². The maximum Gasteiger partial charge on any atom is 0.345 e. The molecule has 0 saturated heterocycles. The lowest BCUT2D eigenvalue weighted by molar-refractivity contribution is -0.138. The van der Waals surface area contributed by atoms with Gasteiger partial charge in [-0.2, -0.15) is 0 Å². The molecule has 214 valence electrons. The molecule has 0 aromatic heterocycles. The molecule has 1 amide bonds. The number of nitrogens with zero attached hydrogens (tertiary/aromatic N) is 1. The first kappa shape index (κ1) is 29.4. The molecule has 3 aliphatic heterocycles. The normalized spacial score (nSPS) is 20.6. The highest BCUT2D eigenvalue weighted by molar-refractivity contribution is 8.25. The number of fused-ring (bicyclic) bond motifs is 3. The lowest BCUT2D eigenvalue weighted by Gasteiger charge is -2.49. The maximum absolute atomic E-state index is 14.2. The van der Waals surface area contributed by atoms with Gasteiger partial charge >= 0.3 is 11.9 Å². The van der Waals surface area contributed by atoms with Crippen LogP contribution in [0.2, 0.25) is 0 Å². The van der Waals surface area contributed by atoms with Crippen LogP contribution in [-0.4, -0.2) is 47.3 Å². The highest BCUT2D eigenvalue weighted by Crippen LogP contribution is 2.67. The molecule has 2 aromatic carbocycles. The average molecular weight is 610 g/mol. The molecule has 3 heterocycles. The molecule has 41 heavy (non-hydrogen) atoms. The highest BCUT2D eigenvalue weighted by atomic mass is 32.2. The van der Waals surface area contributed by atoms with Crippen LogP contribution in [0, 0.1) is 0 Å². The Morgan fingerprint density at radius 2 is 1.56 bits per heavy atom. The number of carbonyl (C=O) groups is 3. The summed E-state index contributed by atoms with van der Waals surface area (Å²) in [4.78, 5) is 43.7. The molecule has 1 atom stereocenters. The minimum atomic E-state index is -0.872. The summed E-state index contributed by atoms with van der Waals surface area (Å²) in [5.41, 5.74) is 2.14. The van der Waals surface area contributed by atoms with Crippen molar-refractivity contribution < 1.29 is 28.6 Å². The molecular weight excluding hydrogens is 579 g/mol. The van der Waals surface area contributed by atoms with Crippen LogP contribution in [0.1, 0.15) is 50.5 Å². The van der Waals surface area contributed by atoms with E-state index in [2.05, 4.69) is 0 Å². The Morgan fingerprint density at radius 1 is 0.878 bits per heavy atom. The Labute approximate surface area is 252 Å². The van der Waals surface area contributed by atoms with E-state index in [0.29, 0.717) is 27.7 Å². The number of amides is 1. The number of carbonyl (C=O) groups excluding carboxylic acids is 3. The van der Waals surface area contributed by atoms with E-state index in [4.69, 9.17) is 14.2 Å². The van der Waals surface area contributed by atoms with Gasteiger partial charge in [-0.1, -0.05) is 41.7 Å². The van der Waals surface area contributed by atoms with Crippen LogP contribution in [-0.2, 0) is 19.1 Å². The summed E-state index contributed by atoms with van der Waals surface area (Å²) in [6, 6.07) is 14.9. The standard InChI is InChI=1S/C31H31NO6S3/c1-6-36-20-14-15-22-21(16-20)25-26(30(4,5)32(22)27(33)19-12-10-9-11-13-19)40-23(28(34)37-7-2)17-31(25)39-18-24(41-31)29(35)38-8-3/h9-18H,6-8H2,1-5H3/t31-/m1/s1. The highest BCUT2D eigenvalue weighted by Gasteiger charge is 2.54. The van der Waals surface area contributed by atoms with Gasteiger partial charge in [-0.15, -0.1) is 11.8 Å². The van der Waals surface area contributed by atoms with E-state index in [9.17, 15) is 14.4 Å². The molecule has 0 saturated carbocycles. The van der Waals surface area contributed by atoms with Crippen molar-refractivity contribution in [1.29, 1.82) is 0 Å². The zero-order valence-electron chi connectivity index (χ0n) is 23.5. The number of ether oxygens (including phenoxy) is 3. The third-order valence-corrected chi connectivity index (χ3v) is 11.0. The molecule has 1 spiro atoms. The number of benzene rings is 2. The predicted molar refractivity (Wildman–Crippen MR) is 167 cm³/mol. The Balaban J connectivity index is 1.74.